The molecule has 0 saturated heterocycles. The van der Waals surface area contributed by atoms with E-state index < -0.39 is 12.0 Å². The number of carboxylic acid groups (broad SMARTS) is 1. The van der Waals surface area contributed by atoms with Crippen LogP contribution in [-0.4, -0.2) is 23.7 Å². The SMILES string of the molecule is CCC(C(=O)O)N1CCc2cc(F)ccc21. The summed E-state index contributed by atoms with van der Waals surface area (Å²) in [6.07, 6.45) is 1.27. The molecule has 2 rings (SSSR count). The van der Waals surface area contributed by atoms with Crippen molar-refractivity contribution in [1.82, 2.24) is 0 Å². The molecular weight excluding hydrogens is 209 g/mol. The largest absolute Gasteiger partial charge is 0.480 e. The highest BCUT2D eigenvalue weighted by atomic mass is 19.1. The molecule has 0 radical (unpaired) electrons. The standard InChI is InChI=1S/C12H14FNO2/c1-2-10(12(15)16)14-6-5-8-7-9(13)3-4-11(8)14/h3-4,7,10H,2,5-6H2,1H3,(H,15,16). The second kappa shape index (κ2) is 4.12. The van der Waals surface area contributed by atoms with Crippen LogP contribution in [0.15, 0.2) is 18.2 Å². The summed E-state index contributed by atoms with van der Waals surface area (Å²) >= 11 is 0. The van der Waals surface area contributed by atoms with Gasteiger partial charge in [-0.1, -0.05) is 6.92 Å². The molecule has 1 aromatic rings. The molecule has 0 aromatic heterocycles. The third-order valence-corrected chi connectivity index (χ3v) is 3.02. The van der Waals surface area contributed by atoms with Crippen LogP contribution in [0, 0.1) is 5.82 Å². The van der Waals surface area contributed by atoms with E-state index in [1.165, 1.54) is 12.1 Å². The van der Waals surface area contributed by atoms with E-state index in [-0.39, 0.29) is 5.82 Å². The van der Waals surface area contributed by atoms with Crippen LogP contribution in [-0.2, 0) is 11.2 Å². The number of rotatable bonds is 3. The number of carbonyl (C=O) groups is 1. The van der Waals surface area contributed by atoms with Gasteiger partial charge in [0.2, 0.25) is 0 Å². The zero-order valence-electron chi connectivity index (χ0n) is 9.11. The van der Waals surface area contributed by atoms with E-state index in [9.17, 15) is 9.18 Å². The van der Waals surface area contributed by atoms with E-state index in [2.05, 4.69) is 0 Å². The molecule has 1 N–H and O–H groups in total. The lowest BCUT2D eigenvalue weighted by Gasteiger charge is -2.25. The molecule has 4 heteroatoms. The van der Waals surface area contributed by atoms with Crippen LogP contribution in [0.25, 0.3) is 0 Å². The number of hydrogen-bond acceptors (Lipinski definition) is 2. The molecule has 1 atom stereocenters. The maximum Gasteiger partial charge on any atom is 0.326 e. The monoisotopic (exact) mass is 223 g/mol. The molecule has 1 heterocycles. The van der Waals surface area contributed by atoms with Crippen LogP contribution < -0.4 is 4.90 Å². The summed E-state index contributed by atoms with van der Waals surface area (Å²) in [6, 6.07) is 4.03. The van der Waals surface area contributed by atoms with Crippen molar-refractivity contribution in [2.75, 3.05) is 11.4 Å². The van der Waals surface area contributed by atoms with Crippen molar-refractivity contribution in [2.45, 2.75) is 25.8 Å². The molecule has 0 bridgehead atoms. The fraction of sp³-hybridized carbons (Fsp3) is 0.417. The molecule has 0 amide bonds. The van der Waals surface area contributed by atoms with Gasteiger partial charge in [0.1, 0.15) is 11.9 Å². The topological polar surface area (TPSA) is 40.5 Å². The maximum absolute atomic E-state index is 13.0. The molecule has 86 valence electrons. The normalized spacial score (nSPS) is 16.0. The molecule has 1 unspecified atom stereocenters. The van der Waals surface area contributed by atoms with Gasteiger partial charge >= 0.3 is 5.97 Å². The van der Waals surface area contributed by atoms with Gasteiger partial charge in [-0.3, -0.25) is 0 Å². The molecule has 1 aliphatic rings. The number of benzene rings is 1. The van der Waals surface area contributed by atoms with Gasteiger partial charge in [-0.25, -0.2) is 9.18 Å². The van der Waals surface area contributed by atoms with Crippen LogP contribution in [0.5, 0.6) is 0 Å². The number of fused-ring (bicyclic) bond motifs is 1. The maximum atomic E-state index is 13.0. The molecular formula is C12H14FNO2. The Hall–Kier alpha value is -1.58. The number of halogens is 1. The Bertz CT molecular complexity index is 419. The van der Waals surface area contributed by atoms with Crippen molar-refractivity contribution in [1.29, 1.82) is 0 Å². The van der Waals surface area contributed by atoms with Gasteiger partial charge in [-0.05, 0) is 36.6 Å². The van der Waals surface area contributed by atoms with E-state index in [4.69, 9.17) is 5.11 Å². The fourth-order valence-electron chi connectivity index (χ4n) is 2.25. The third kappa shape index (κ3) is 1.75. The van der Waals surface area contributed by atoms with Crippen LogP contribution in [0.3, 0.4) is 0 Å². The highest BCUT2D eigenvalue weighted by molar-refractivity contribution is 5.79. The molecule has 0 fully saturated rings. The molecule has 1 aliphatic heterocycles. The van der Waals surface area contributed by atoms with Gasteiger partial charge in [-0.15, -0.1) is 0 Å². The van der Waals surface area contributed by atoms with Crippen molar-refractivity contribution < 1.29 is 14.3 Å². The van der Waals surface area contributed by atoms with Gasteiger partial charge in [0, 0.05) is 12.2 Å². The first-order chi connectivity index (χ1) is 7.63. The minimum atomic E-state index is -0.820. The lowest BCUT2D eigenvalue weighted by Crippen LogP contribution is -2.39. The first kappa shape index (κ1) is 10.9. The van der Waals surface area contributed by atoms with Crippen LogP contribution >= 0.6 is 0 Å². The first-order valence-electron chi connectivity index (χ1n) is 5.41. The number of anilines is 1. The van der Waals surface area contributed by atoms with Crippen LogP contribution in [0.4, 0.5) is 10.1 Å². The van der Waals surface area contributed by atoms with Crippen molar-refractivity contribution in [3.05, 3.63) is 29.6 Å². The summed E-state index contributed by atoms with van der Waals surface area (Å²) in [5.74, 6) is -1.08. The molecule has 16 heavy (non-hydrogen) atoms. The minimum Gasteiger partial charge on any atom is -0.480 e. The number of carboxylic acids is 1. The zero-order valence-corrected chi connectivity index (χ0v) is 9.11. The average molecular weight is 223 g/mol. The Balaban J connectivity index is 2.32. The van der Waals surface area contributed by atoms with Gasteiger partial charge in [0.05, 0.1) is 0 Å². The molecule has 0 saturated carbocycles. The lowest BCUT2D eigenvalue weighted by molar-refractivity contribution is -0.138. The summed E-state index contributed by atoms with van der Waals surface area (Å²) in [4.78, 5) is 12.9. The lowest BCUT2D eigenvalue weighted by atomic mass is 10.1. The van der Waals surface area contributed by atoms with E-state index in [0.29, 0.717) is 13.0 Å². The molecule has 3 nitrogen and oxygen atoms in total. The Kier molecular flexibility index (Phi) is 2.81. The number of hydrogen-bond donors (Lipinski definition) is 1. The second-order valence-corrected chi connectivity index (χ2v) is 3.98. The summed E-state index contributed by atoms with van der Waals surface area (Å²) in [5.41, 5.74) is 1.76. The Morgan fingerprint density at radius 2 is 2.38 bits per heavy atom. The second-order valence-electron chi connectivity index (χ2n) is 3.98. The molecule has 0 spiro atoms. The summed E-state index contributed by atoms with van der Waals surface area (Å²) in [6.45, 7) is 2.50. The molecule has 0 aliphatic carbocycles. The van der Waals surface area contributed by atoms with Crippen LogP contribution in [0.1, 0.15) is 18.9 Å². The third-order valence-electron chi connectivity index (χ3n) is 3.02. The number of nitrogens with zero attached hydrogens (tertiary/aromatic N) is 1. The van der Waals surface area contributed by atoms with E-state index in [0.717, 1.165) is 17.7 Å². The van der Waals surface area contributed by atoms with Crippen molar-refractivity contribution >= 4 is 11.7 Å². The zero-order chi connectivity index (χ0) is 11.7. The average Bonchev–Trinajstić information content (AvgIpc) is 2.62. The minimum absolute atomic E-state index is 0.260. The number of aliphatic carboxylic acids is 1. The Morgan fingerprint density at radius 3 is 3.00 bits per heavy atom. The predicted molar refractivity (Wildman–Crippen MR) is 59.2 cm³/mol. The quantitative estimate of drug-likeness (QED) is 0.852. The van der Waals surface area contributed by atoms with E-state index in [1.54, 1.807) is 6.07 Å². The van der Waals surface area contributed by atoms with E-state index >= 15 is 0 Å². The van der Waals surface area contributed by atoms with Gasteiger partial charge in [-0.2, -0.15) is 0 Å². The Morgan fingerprint density at radius 1 is 1.62 bits per heavy atom. The Labute approximate surface area is 93.5 Å². The summed E-state index contributed by atoms with van der Waals surface area (Å²) < 4.78 is 13.0. The van der Waals surface area contributed by atoms with Crippen molar-refractivity contribution in [3.63, 3.8) is 0 Å². The highest BCUT2D eigenvalue weighted by Gasteiger charge is 2.29. The first-order valence-corrected chi connectivity index (χ1v) is 5.41. The fourth-order valence-corrected chi connectivity index (χ4v) is 2.25. The van der Waals surface area contributed by atoms with E-state index in [1.807, 2.05) is 11.8 Å². The summed E-state index contributed by atoms with van der Waals surface area (Å²) in [7, 11) is 0. The van der Waals surface area contributed by atoms with Crippen LogP contribution in [0.2, 0.25) is 0 Å². The summed E-state index contributed by atoms with van der Waals surface area (Å²) in [5, 5.41) is 9.10. The van der Waals surface area contributed by atoms with Gasteiger partial charge < -0.3 is 10.0 Å². The van der Waals surface area contributed by atoms with Gasteiger partial charge in [0.15, 0.2) is 0 Å². The smallest absolute Gasteiger partial charge is 0.326 e. The van der Waals surface area contributed by atoms with Gasteiger partial charge in [0.25, 0.3) is 0 Å². The molecule has 1 aromatic carbocycles. The highest BCUT2D eigenvalue weighted by Crippen LogP contribution is 2.30. The predicted octanol–water partition coefficient (Wildman–Crippen LogP) is 2.05. The van der Waals surface area contributed by atoms with Crippen molar-refractivity contribution in [3.8, 4) is 0 Å². The van der Waals surface area contributed by atoms with Crippen molar-refractivity contribution in [2.24, 2.45) is 0 Å².